The molecule has 2 N–H and O–H groups in total. The summed E-state index contributed by atoms with van der Waals surface area (Å²) in [6.07, 6.45) is 0.827. The Morgan fingerprint density at radius 2 is 2.10 bits per heavy atom. The maximum Gasteiger partial charge on any atom is 0.150 e. The maximum atomic E-state index is 13.2. The quantitative estimate of drug-likeness (QED) is 0.758. The summed E-state index contributed by atoms with van der Waals surface area (Å²) in [5.41, 5.74) is 2.00. The van der Waals surface area contributed by atoms with Crippen molar-refractivity contribution in [3.8, 4) is 0 Å². The molecule has 0 amide bonds. The van der Waals surface area contributed by atoms with Crippen molar-refractivity contribution in [1.29, 1.82) is 0 Å². The van der Waals surface area contributed by atoms with Gasteiger partial charge in [-0.25, -0.2) is 9.37 Å². The maximum absolute atomic E-state index is 13.2. The molecule has 0 aliphatic rings. The molecule has 0 saturated carbocycles. The van der Waals surface area contributed by atoms with Gasteiger partial charge in [0.1, 0.15) is 17.5 Å². The summed E-state index contributed by atoms with van der Waals surface area (Å²) in [5, 5.41) is 7.97. The summed E-state index contributed by atoms with van der Waals surface area (Å²) in [6, 6.07) is 6.75. The van der Waals surface area contributed by atoms with Gasteiger partial charge in [0.15, 0.2) is 0 Å². The second-order valence-electron chi connectivity index (χ2n) is 5.25. The molecule has 0 fully saturated rings. The highest BCUT2D eigenvalue weighted by Crippen LogP contribution is 2.17. The van der Waals surface area contributed by atoms with Gasteiger partial charge in [-0.2, -0.15) is 5.10 Å². The standard InChI is InChI=1S/C15H18FN5/c1-3-14-18-15(20-19-14)9-21(2)8-12-7-10-6-11(16)4-5-13(10)17-12/h4-7,17H,3,8-9H2,1-2H3,(H,18,19,20). The zero-order valence-electron chi connectivity index (χ0n) is 12.2. The van der Waals surface area contributed by atoms with Gasteiger partial charge >= 0.3 is 0 Å². The Labute approximate surface area is 122 Å². The largest absolute Gasteiger partial charge is 0.357 e. The first kappa shape index (κ1) is 13.8. The van der Waals surface area contributed by atoms with Crippen molar-refractivity contribution >= 4 is 10.9 Å². The van der Waals surface area contributed by atoms with Crippen LogP contribution in [0, 0.1) is 5.82 Å². The predicted octanol–water partition coefficient (Wildman–Crippen LogP) is 2.62. The molecule has 3 rings (SSSR count). The van der Waals surface area contributed by atoms with Crippen LogP contribution in [0.1, 0.15) is 24.3 Å². The van der Waals surface area contributed by atoms with Crippen molar-refractivity contribution in [2.45, 2.75) is 26.4 Å². The fraction of sp³-hybridized carbons (Fsp3) is 0.333. The van der Waals surface area contributed by atoms with Crippen LogP contribution in [0.25, 0.3) is 10.9 Å². The van der Waals surface area contributed by atoms with E-state index in [2.05, 4.69) is 25.1 Å². The van der Waals surface area contributed by atoms with Crippen molar-refractivity contribution in [3.63, 3.8) is 0 Å². The summed E-state index contributed by atoms with van der Waals surface area (Å²) in [4.78, 5) is 9.82. The molecule has 0 saturated heterocycles. The Balaban J connectivity index is 1.69. The van der Waals surface area contributed by atoms with Crippen LogP contribution in [0.4, 0.5) is 4.39 Å². The number of rotatable bonds is 5. The fourth-order valence-corrected chi connectivity index (χ4v) is 2.41. The number of benzene rings is 1. The van der Waals surface area contributed by atoms with Crippen molar-refractivity contribution in [2.75, 3.05) is 7.05 Å². The van der Waals surface area contributed by atoms with Gasteiger partial charge in [-0.3, -0.25) is 10.00 Å². The molecule has 2 aromatic heterocycles. The molecule has 0 radical (unpaired) electrons. The van der Waals surface area contributed by atoms with E-state index in [1.807, 2.05) is 20.0 Å². The Morgan fingerprint density at radius 1 is 1.24 bits per heavy atom. The number of aromatic nitrogens is 4. The van der Waals surface area contributed by atoms with Gasteiger partial charge < -0.3 is 4.98 Å². The molecule has 0 aliphatic heterocycles. The summed E-state index contributed by atoms with van der Waals surface area (Å²) in [7, 11) is 2.01. The van der Waals surface area contributed by atoms with Crippen molar-refractivity contribution in [2.24, 2.45) is 0 Å². The molecule has 110 valence electrons. The Bertz CT molecular complexity index is 745. The van der Waals surface area contributed by atoms with E-state index in [1.54, 1.807) is 12.1 Å². The molecule has 0 bridgehead atoms. The van der Waals surface area contributed by atoms with E-state index in [1.165, 1.54) is 6.07 Å². The first-order valence-corrected chi connectivity index (χ1v) is 7.00. The minimum absolute atomic E-state index is 0.213. The van der Waals surface area contributed by atoms with Crippen LogP contribution in [0.2, 0.25) is 0 Å². The Morgan fingerprint density at radius 3 is 2.86 bits per heavy atom. The SMILES string of the molecule is CCc1n[nH]c(CN(C)Cc2cc3cc(F)ccc3[nH]2)n1. The van der Waals surface area contributed by atoms with E-state index in [0.717, 1.165) is 41.2 Å². The van der Waals surface area contributed by atoms with Crippen molar-refractivity contribution in [1.82, 2.24) is 25.1 Å². The highest BCUT2D eigenvalue weighted by Gasteiger charge is 2.08. The number of aryl methyl sites for hydroxylation is 1. The highest BCUT2D eigenvalue weighted by molar-refractivity contribution is 5.80. The van der Waals surface area contributed by atoms with Crippen LogP contribution in [0.5, 0.6) is 0 Å². The van der Waals surface area contributed by atoms with Gasteiger partial charge in [0.25, 0.3) is 0 Å². The van der Waals surface area contributed by atoms with E-state index < -0.39 is 0 Å². The van der Waals surface area contributed by atoms with E-state index >= 15 is 0 Å². The van der Waals surface area contributed by atoms with E-state index in [9.17, 15) is 4.39 Å². The van der Waals surface area contributed by atoms with Gasteiger partial charge in [-0.15, -0.1) is 0 Å². The molecule has 6 heteroatoms. The third-order valence-corrected chi connectivity index (χ3v) is 3.39. The molecule has 0 spiro atoms. The lowest BCUT2D eigenvalue weighted by atomic mass is 10.2. The topological polar surface area (TPSA) is 60.6 Å². The fourth-order valence-electron chi connectivity index (χ4n) is 2.41. The van der Waals surface area contributed by atoms with Crippen LogP contribution < -0.4 is 0 Å². The smallest absolute Gasteiger partial charge is 0.150 e. The van der Waals surface area contributed by atoms with E-state index in [0.29, 0.717) is 6.54 Å². The lowest BCUT2D eigenvalue weighted by Crippen LogP contribution is -2.18. The Kier molecular flexibility index (Phi) is 3.70. The number of nitrogens with one attached hydrogen (secondary N) is 2. The first-order valence-electron chi connectivity index (χ1n) is 7.00. The molecule has 0 aliphatic carbocycles. The van der Waals surface area contributed by atoms with Gasteiger partial charge in [0.2, 0.25) is 0 Å². The summed E-state index contributed by atoms with van der Waals surface area (Å²) in [5.74, 6) is 1.48. The average molecular weight is 287 g/mol. The monoisotopic (exact) mass is 287 g/mol. The van der Waals surface area contributed by atoms with Gasteiger partial charge in [-0.1, -0.05) is 6.92 Å². The van der Waals surface area contributed by atoms with Crippen molar-refractivity contribution < 1.29 is 4.39 Å². The number of halogens is 1. The zero-order chi connectivity index (χ0) is 14.8. The molecule has 2 heterocycles. The molecule has 5 nitrogen and oxygen atoms in total. The normalized spacial score (nSPS) is 11.6. The minimum Gasteiger partial charge on any atom is -0.357 e. The average Bonchev–Trinajstić information content (AvgIpc) is 3.04. The third-order valence-electron chi connectivity index (χ3n) is 3.39. The van der Waals surface area contributed by atoms with Crippen LogP contribution >= 0.6 is 0 Å². The van der Waals surface area contributed by atoms with Crippen molar-refractivity contribution in [3.05, 3.63) is 47.4 Å². The van der Waals surface area contributed by atoms with Crippen LogP contribution in [-0.2, 0) is 19.5 Å². The summed E-state index contributed by atoms with van der Waals surface area (Å²) in [6.45, 7) is 3.45. The van der Waals surface area contributed by atoms with Gasteiger partial charge in [0.05, 0.1) is 6.54 Å². The molecule has 3 aromatic rings. The third kappa shape index (κ3) is 3.11. The molecule has 1 aromatic carbocycles. The second-order valence-corrected chi connectivity index (χ2v) is 5.25. The molecule has 0 atom stereocenters. The van der Waals surface area contributed by atoms with Crippen LogP contribution in [0.3, 0.4) is 0 Å². The second kappa shape index (κ2) is 5.65. The number of hydrogen-bond acceptors (Lipinski definition) is 3. The predicted molar refractivity (Wildman–Crippen MR) is 79.2 cm³/mol. The highest BCUT2D eigenvalue weighted by atomic mass is 19.1. The lowest BCUT2D eigenvalue weighted by Gasteiger charge is -2.13. The number of nitrogens with zero attached hydrogens (tertiary/aromatic N) is 3. The van der Waals surface area contributed by atoms with Crippen LogP contribution in [0.15, 0.2) is 24.3 Å². The number of aromatic amines is 2. The number of hydrogen-bond donors (Lipinski definition) is 2. The minimum atomic E-state index is -0.213. The number of fused-ring (bicyclic) bond motifs is 1. The van der Waals surface area contributed by atoms with Gasteiger partial charge in [0, 0.05) is 29.6 Å². The molecule has 21 heavy (non-hydrogen) atoms. The number of H-pyrrole nitrogens is 2. The zero-order valence-corrected chi connectivity index (χ0v) is 12.2. The summed E-state index contributed by atoms with van der Waals surface area (Å²) < 4.78 is 13.2. The van der Waals surface area contributed by atoms with Crippen LogP contribution in [-0.4, -0.2) is 32.1 Å². The molecular weight excluding hydrogens is 269 g/mol. The van der Waals surface area contributed by atoms with E-state index in [-0.39, 0.29) is 5.82 Å². The lowest BCUT2D eigenvalue weighted by molar-refractivity contribution is 0.308. The van der Waals surface area contributed by atoms with E-state index in [4.69, 9.17) is 0 Å². The summed E-state index contributed by atoms with van der Waals surface area (Å²) >= 11 is 0. The Hall–Kier alpha value is -2.21. The first-order chi connectivity index (χ1) is 10.1. The van der Waals surface area contributed by atoms with Gasteiger partial charge in [-0.05, 0) is 31.3 Å². The molecule has 0 unspecified atom stereocenters. The molecular formula is C15H18FN5.